The molecular weight excluding hydrogens is 208 g/mol. The maximum atomic E-state index is 11.6. The molecule has 0 aromatic carbocycles. The third-order valence-corrected chi connectivity index (χ3v) is 2.61. The Balaban J connectivity index is 1.69. The van der Waals surface area contributed by atoms with Crippen LogP contribution in [-0.2, 0) is 11.3 Å². The van der Waals surface area contributed by atoms with Crippen LogP contribution < -0.4 is 5.32 Å². The van der Waals surface area contributed by atoms with Gasteiger partial charge < -0.3 is 9.42 Å². The van der Waals surface area contributed by atoms with Crippen LogP contribution in [0, 0.1) is 6.92 Å². The molecule has 1 fully saturated rings. The van der Waals surface area contributed by atoms with Gasteiger partial charge in [0.2, 0.25) is 11.8 Å². The Bertz CT molecular complexity index is 373. The fraction of sp³-hybridized carbons (Fsp3) is 0.700. The van der Waals surface area contributed by atoms with Crippen molar-refractivity contribution in [2.24, 2.45) is 0 Å². The highest BCUT2D eigenvalue weighted by atomic mass is 16.5. The van der Waals surface area contributed by atoms with Gasteiger partial charge >= 0.3 is 0 Å². The number of hydrogen-bond acceptors (Lipinski definition) is 5. The zero-order chi connectivity index (χ0) is 11.5. The number of likely N-dealkylation sites (N-methyl/N-ethyl adjacent to an activating group) is 1. The third-order valence-electron chi connectivity index (χ3n) is 2.61. The first-order chi connectivity index (χ1) is 7.66. The summed E-state index contributed by atoms with van der Waals surface area (Å²) in [5, 5.41) is 6.66. The number of nitrogens with zero attached hydrogens (tertiary/aromatic N) is 3. The predicted octanol–water partition coefficient (Wildman–Crippen LogP) is 0.0884. The van der Waals surface area contributed by atoms with Crippen LogP contribution in [-0.4, -0.2) is 40.6 Å². The topological polar surface area (TPSA) is 71.3 Å². The molecular formula is C10H16N4O2. The van der Waals surface area contributed by atoms with E-state index in [4.69, 9.17) is 4.52 Å². The molecule has 0 unspecified atom stereocenters. The molecule has 0 saturated heterocycles. The van der Waals surface area contributed by atoms with E-state index in [0.29, 0.717) is 30.8 Å². The van der Waals surface area contributed by atoms with E-state index in [1.54, 1.807) is 11.8 Å². The van der Waals surface area contributed by atoms with Crippen molar-refractivity contribution in [3.05, 3.63) is 11.7 Å². The van der Waals surface area contributed by atoms with E-state index in [9.17, 15) is 4.79 Å². The highest BCUT2D eigenvalue weighted by molar-refractivity contribution is 5.78. The quantitative estimate of drug-likeness (QED) is 0.767. The van der Waals surface area contributed by atoms with Crippen molar-refractivity contribution in [2.45, 2.75) is 32.4 Å². The van der Waals surface area contributed by atoms with Gasteiger partial charge in [-0.25, -0.2) is 0 Å². The molecule has 1 aliphatic rings. The van der Waals surface area contributed by atoms with Crippen LogP contribution >= 0.6 is 0 Å². The maximum absolute atomic E-state index is 11.6. The molecule has 0 atom stereocenters. The first-order valence-corrected chi connectivity index (χ1v) is 5.42. The molecule has 6 nitrogen and oxygen atoms in total. The zero-order valence-corrected chi connectivity index (χ0v) is 9.56. The zero-order valence-electron chi connectivity index (χ0n) is 9.56. The molecule has 0 bridgehead atoms. The second-order valence-electron chi connectivity index (χ2n) is 4.07. The van der Waals surface area contributed by atoms with Crippen LogP contribution in [0.15, 0.2) is 4.52 Å². The molecule has 1 aromatic heterocycles. The molecule has 6 heteroatoms. The van der Waals surface area contributed by atoms with Gasteiger partial charge in [-0.3, -0.25) is 10.1 Å². The first-order valence-electron chi connectivity index (χ1n) is 5.42. The maximum Gasteiger partial charge on any atom is 0.240 e. The number of nitrogens with one attached hydrogen (secondary N) is 1. The number of carbonyl (C=O) groups excluding carboxylic acids is 1. The molecule has 1 saturated carbocycles. The van der Waals surface area contributed by atoms with Crippen LogP contribution in [0.25, 0.3) is 0 Å². The minimum atomic E-state index is 0.110. The SMILES string of the molecule is Cc1noc(CNCC(=O)N(C)C2CC2)n1. The average Bonchev–Trinajstić information content (AvgIpc) is 3.02. The minimum absolute atomic E-state index is 0.110. The third kappa shape index (κ3) is 2.79. The van der Waals surface area contributed by atoms with Gasteiger partial charge in [0.1, 0.15) is 0 Å². The Kier molecular flexibility index (Phi) is 3.19. The van der Waals surface area contributed by atoms with Crippen molar-refractivity contribution in [1.82, 2.24) is 20.4 Å². The van der Waals surface area contributed by atoms with Gasteiger partial charge in [-0.2, -0.15) is 4.98 Å². The Morgan fingerprint density at radius 2 is 2.38 bits per heavy atom. The first kappa shape index (κ1) is 11.1. The lowest BCUT2D eigenvalue weighted by molar-refractivity contribution is -0.129. The molecule has 88 valence electrons. The van der Waals surface area contributed by atoms with Crippen molar-refractivity contribution in [3.8, 4) is 0 Å². The van der Waals surface area contributed by atoms with Gasteiger partial charge in [0.05, 0.1) is 13.1 Å². The second-order valence-corrected chi connectivity index (χ2v) is 4.07. The number of carbonyl (C=O) groups is 1. The fourth-order valence-electron chi connectivity index (χ4n) is 1.48. The van der Waals surface area contributed by atoms with E-state index in [1.807, 2.05) is 7.05 Å². The molecule has 1 amide bonds. The van der Waals surface area contributed by atoms with Gasteiger partial charge in [-0.1, -0.05) is 5.16 Å². The van der Waals surface area contributed by atoms with Crippen LogP contribution in [0.5, 0.6) is 0 Å². The summed E-state index contributed by atoms with van der Waals surface area (Å²) in [6.07, 6.45) is 2.26. The van der Waals surface area contributed by atoms with Crippen LogP contribution in [0.2, 0.25) is 0 Å². The number of rotatable bonds is 5. The van der Waals surface area contributed by atoms with Crippen molar-refractivity contribution in [2.75, 3.05) is 13.6 Å². The predicted molar refractivity (Wildman–Crippen MR) is 56.5 cm³/mol. The van der Waals surface area contributed by atoms with Crippen molar-refractivity contribution >= 4 is 5.91 Å². The van der Waals surface area contributed by atoms with Gasteiger partial charge in [0, 0.05) is 13.1 Å². The lowest BCUT2D eigenvalue weighted by Crippen LogP contribution is -2.36. The second kappa shape index (κ2) is 4.61. The largest absolute Gasteiger partial charge is 0.342 e. The monoisotopic (exact) mass is 224 g/mol. The van der Waals surface area contributed by atoms with Crippen LogP contribution in [0.1, 0.15) is 24.6 Å². The fourth-order valence-corrected chi connectivity index (χ4v) is 1.48. The summed E-state index contributed by atoms with van der Waals surface area (Å²) in [7, 11) is 1.85. The number of aryl methyl sites for hydroxylation is 1. The summed E-state index contributed by atoms with van der Waals surface area (Å²) < 4.78 is 4.92. The average molecular weight is 224 g/mol. The molecule has 1 aliphatic carbocycles. The Hall–Kier alpha value is -1.43. The lowest BCUT2D eigenvalue weighted by atomic mass is 10.4. The smallest absolute Gasteiger partial charge is 0.240 e. The van der Waals surface area contributed by atoms with Crippen molar-refractivity contribution in [3.63, 3.8) is 0 Å². The number of aromatic nitrogens is 2. The molecule has 1 aromatic rings. The minimum Gasteiger partial charge on any atom is -0.342 e. The number of hydrogen-bond donors (Lipinski definition) is 1. The van der Waals surface area contributed by atoms with Gasteiger partial charge in [-0.15, -0.1) is 0 Å². The van der Waals surface area contributed by atoms with Crippen molar-refractivity contribution < 1.29 is 9.32 Å². The highest BCUT2D eigenvalue weighted by Gasteiger charge is 2.29. The molecule has 0 aliphatic heterocycles. The molecule has 1 heterocycles. The number of amides is 1. The molecule has 1 N–H and O–H groups in total. The van der Waals surface area contributed by atoms with E-state index in [0.717, 1.165) is 12.8 Å². The van der Waals surface area contributed by atoms with Gasteiger partial charge in [-0.05, 0) is 19.8 Å². The lowest BCUT2D eigenvalue weighted by Gasteiger charge is -2.15. The van der Waals surface area contributed by atoms with Crippen LogP contribution in [0.3, 0.4) is 0 Å². The summed E-state index contributed by atoms with van der Waals surface area (Å²) in [6.45, 7) is 2.51. The molecule has 2 rings (SSSR count). The van der Waals surface area contributed by atoms with E-state index in [2.05, 4.69) is 15.5 Å². The van der Waals surface area contributed by atoms with E-state index < -0.39 is 0 Å². The molecule has 16 heavy (non-hydrogen) atoms. The summed E-state index contributed by atoms with van der Waals surface area (Å²) in [4.78, 5) is 17.4. The standard InChI is InChI=1S/C10H16N4O2/c1-7-12-9(16-13-7)5-11-6-10(15)14(2)8-3-4-8/h8,11H,3-6H2,1-2H3. The Morgan fingerprint density at radius 1 is 1.62 bits per heavy atom. The van der Waals surface area contributed by atoms with Crippen LogP contribution in [0.4, 0.5) is 0 Å². The normalized spacial score (nSPS) is 15.1. The Labute approximate surface area is 94.0 Å². The summed E-state index contributed by atoms with van der Waals surface area (Å²) in [5.41, 5.74) is 0. The van der Waals surface area contributed by atoms with E-state index in [1.165, 1.54) is 0 Å². The van der Waals surface area contributed by atoms with Gasteiger partial charge in [0.25, 0.3) is 0 Å². The summed E-state index contributed by atoms with van der Waals surface area (Å²) >= 11 is 0. The molecule has 0 radical (unpaired) electrons. The Morgan fingerprint density at radius 3 is 2.94 bits per heavy atom. The van der Waals surface area contributed by atoms with E-state index in [-0.39, 0.29) is 5.91 Å². The van der Waals surface area contributed by atoms with Crippen molar-refractivity contribution in [1.29, 1.82) is 0 Å². The highest BCUT2D eigenvalue weighted by Crippen LogP contribution is 2.24. The summed E-state index contributed by atoms with van der Waals surface area (Å²) in [5.74, 6) is 1.23. The van der Waals surface area contributed by atoms with E-state index >= 15 is 0 Å². The summed E-state index contributed by atoms with van der Waals surface area (Å²) in [6, 6.07) is 0.458. The molecule has 0 spiro atoms. The van der Waals surface area contributed by atoms with Gasteiger partial charge in [0.15, 0.2) is 5.82 Å².